The molecule has 0 fully saturated rings. The molecule has 2 N–H and O–H groups in total. The maximum atomic E-state index is 11.6. The first-order chi connectivity index (χ1) is 25.0. The molecule has 1 heterocycles. The fourth-order valence-corrected chi connectivity index (χ4v) is 7.98. The Kier molecular flexibility index (Phi) is 21.6. The predicted octanol–water partition coefficient (Wildman–Crippen LogP) is 15.6. The highest BCUT2D eigenvalue weighted by atomic mass is 16.6. The van der Waals surface area contributed by atoms with Crippen LogP contribution in [0.2, 0.25) is 0 Å². The lowest BCUT2D eigenvalue weighted by Gasteiger charge is -2.30. The number of ether oxygens (including phenoxy) is 2. The number of aryl methyl sites for hydroxylation is 1. The maximum absolute atomic E-state index is 11.6. The topological polar surface area (TPSA) is 58.9 Å². The molecule has 0 saturated carbocycles. The Labute approximate surface area is 314 Å². The van der Waals surface area contributed by atoms with Gasteiger partial charge in [0.25, 0.3) is 0 Å². The van der Waals surface area contributed by atoms with Gasteiger partial charge in [-0.05, 0) is 81.4 Å². The van der Waals surface area contributed by atoms with Crippen LogP contribution in [0.25, 0.3) is 0 Å². The van der Waals surface area contributed by atoms with Crippen molar-refractivity contribution in [1.82, 2.24) is 0 Å². The second kappa shape index (κ2) is 25.6. The third-order valence-electron chi connectivity index (χ3n) is 11.2. The molecule has 0 saturated heterocycles. The molecule has 4 nitrogen and oxygen atoms in total. The lowest BCUT2D eigenvalue weighted by atomic mass is 9.88. The minimum absolute atomic E-state index is 0.000752. The minimum atomic E-state index is -0.00385. The summed E-state index contributed by atoms with van der Waals surface area (Å²) in [5.41, 5.74) is 5.72. The monoisotopic (exact) mass is 707 g/mol. The Balaban J connectivity index is 2.09. The van der Waals surface area contributed by atoms with Gasteiger partial charge >= 0.3 is 0 Å². The quantitative estimate of drug-likeness (QED) is 0.0535. The lowest BCUT2D eigenvalue weighted by molar-refractivity contribution is 0.330. The highest BCUT2D eigenvalue weighted by molar-refractivity contribution is 5.71. The van der Waals surface area contributed by atoms with Crippen molar-refractivity contribution >= 4 is 0 Å². The van der Waals surface area contributed by atoms with E-state index in [1.165, 1.54) is 145 Å². The molecule has 290 valence electrons. The van der Waals surface area contributed by atoms with E-state index >= 15 is 0 Å². The Bertz CT molecular complexity index is 1250. The van der Waals surface area contributed by atoms with Crippen molar-refractivity contribution in [3.63, 3.8) is 0 Å². The van der Waals surface area contributed by atoms with Crippen molar-refractivity contribution in [2.75, 3.05) is 0 Å². The summed E-state index contributed by atoms with van der Waals surface area (Å²) in [5, 5.41) is 23.1. The third-order valence-corrected chi connectivity index (χ3v) is 11.2. The number of hydrogen-bond donors (Lipinski definition) is 2. The Morgan fingerprint density at radius 2 is 0.686 bits per heavy atom. The molecule has 1 aliphatic heterocycles. The molecule has 0 atom stereocenters. The molecule has 2 aromatic carbocycles. The van der Waals surface area contributed by atoms with Crippen molar-refractivity contribution in [3.05, 3.63) is 33.9 Å². The molecular formula is C47H78O4. The maximum Gasteiger partial charge on any atom is 0.177 e. The molecule has 1 aliphatic rings. The van der Waals surface area contributed by atoms with Crippen LogP contribution < -0.4 is 9.47 Å². The van der Waals surface area contributed by atoms with Crippen LogP contribution in [0.4, 0.5) is 0 Å². The molecule has 0 amide bonds. The van der Waals surface area contributed by atoms with Gasteiger partial charge < -0.3 is 19.7 Å². The highest BCUT2D eigenvalue weighted by Crippen LogP contribution is 2.57. The zero-order valence-corrected chi connectivity index (χ0v) is 34.0. The molecular weight excluding hydrogens is 629 g/mol. The van der Waals surface area contributed by atoms with Crippen LogP contribution in [0.5, 0.6) is 34.5 Å². The number of unbranched alkanes of at least 4 members (excludes halogenated alkanes) is 20. The number of phenolic OH excluding ortho intramolecular Hbond substituents is 2. The van der Waals surface area contributed by atoms with Gasteiger partial charge in [0.2, 0.25) is 0 Å². The van der Waals surface area contributed by atoms with Crippen LogP contribution in [-0.4, -0.2) is 10.2 Å². The average molecular weight is 707 g/mol. The van der Waals surface area contributed by atoms with Crippen LogP contribution in [0, 0.1) is 0 Å². The first kappa shape index (κ1) is 43.0. The summed E-state index contributed by atoms with van der Waals surface area (Å²) in [5.74, 6) is 2.99. The van der Waals surface area contributed by atoms with Crippen LogP contribution in [-0.2, 0) is 32.1 Å². The van der Waals surface area contributed by atoms with E-state index in [1.807, 2.05) is 0 Å². The number of phenols is 2. The smallest absolute Gasteiger partial charge is 0.177 e. The summed E-state index contributed by atoms with van der Waals surface area (Å²) >= 11 is 0. The first-order valence-electron chi connectivity index (χ1n) is 22.1. The van der Waals surface area contributed by atoms with Crippen LogP contribution in [0.15, 0.2) is 6.07 Å². The van der Waals surface area contributed by atoms with Gasteiger partial charge in [0.05, 0.1) is 0 Å². The fraction of sp³-hybridized carbons (Fsp3) is 0.745. The molecule has 0 aromatic heterocycles. The van der Waals surface area contributed by atoms with Gasteiger partial charge in [-0.25, -0.2) is 0 Å². The summed E-state index contributed by atoms with van der Waals surface area (Å²) in [6.45, 7) is 11.3. The number of aromatic hydroxyl groups is 2. The Morgan fingerprint density at radius 3 is 1.10 bits per heavy atom. The summed E-state index contributed by atoms with van der Waals surface area (Å²) in [4.78, 5) is 0. The summed E-state index contributed by atoms with van der Waals surface area (Å²) in [6.07, 6.45) is 34.8. The van der Waals surface area contributed by atoms with Crippen molar-refractivity contribution in [2.24, 2.45) is 0 Å². The zero-order chi connectivity index (χ0) is 36.7. The van der Waals surface area contributed by atoms with E-state index in [-0.39, 0.29) is 11.5 Å². The van der Waals surface area contributed by atoms with E-state index in [0.717, 1.165) is 68.4 Å². The molecule has 0 unspecified atom stereocenters. The zero-order valence-electron chi connectivity index (χ0n) is 34.0. The van der Waals surface area contributed by atoms with E-state index in [1.54, 1.807) is 0 Å². The number of hydrogen-bond acceptors (Lipinski definition) is 4. The van der Waals surface area contributed by atoms with Crippen molar-refractivity contribution in [3.8, 4) is 34.5 Å². The number of benzene rings is 2. The first-order valence-corrected chi connectivity index (χ1v) is 22.1. The minimum Gasteiger partial charge on any atom is -0.504 e. The van der Waals surface area contributed by atoms with Crippen molar-refractivity contribution < 1.29 is 19.7 Å². The standard InChI is InChI=1S/C47H78O4/c1-6-11-16-21-26-31-37-36-42-45(39(33-28-23-18-13-8-3)38(37)32-27-22-17-12-7-2)51-47-41(35-30-25-20-15-10-5)44(49)43(48)40(46(47)50-42)34-29-24-19-14-9-4/h36,48-49H,6-35H2,1-5H3. The van der Waals surface area contributed by atoms with Crippen molar-refractivity contribution in [2.45, 2.75) is 227 Å². The average Bonchev–Trinajstić information content (AvgIpc) is 3.13. The Morgan fingerprint density at radius 1 is 0.353 bits per heavy atom. The lowest BCUT2D eigenvalue weighted by Crippen LogP contribution is -2.12. The number of rotatable bonds is 30. The summed E-state index contributed by atoms with van der Waals surface area (Å²) in [6, 6.07) is 2.30. The third kappa shape index (κ3) is 13.9. The molecule has 51 heavy (non-hydrogen) atoms. The van der Waals surface area contributed by atoms with E-state index < -0.39 is 0 Å². The van der Waals surface area contributed by atoms with E-state index in [4.69, 9.17) is 9.47 Å². The number of fused-ring (bicyclic) bond motifs is 2. The van der Waals surface area contributed by atoms with Crippen LogP contribution >= 0.6 is 0 Å². The van der Waals surface area contributed by atoms with E-state index in [2.05, 4.69) is 40.7 Å². The molecule has 2 aromatic rings. The second-order valence-corrected chi connectivity index (χ2v) is 15.7. The van der Waals surface area contributed by atoms with Gasteiger partial charge in [0, 0.05) is 16.7 Å². The van der Waals surface area contributed by atoms with Crippen molar-refractivity contribution in [1.29, 1.82) is 0 Å². The van der Waals surface area contributed by atoms with Gasteiger partial charge in [0.15, 0.2) is 34.5 Å². The molecule has 0 radical (unpaired) electrons. The van der Waals surface area contributed by atoms with Gasteiger partial charge in [-0.3, -0.25) is 0 Å². The summed E-state index contributed by atoms with van der Waals surface area (Å²) in [7, 11) is 0. The highest BCUT2D eigenvalue weighted by Gasteiger charge is 2.33. The molecule has 3 rings (SSSR count). The molecule has 0 aliphatic carbocycles. The predicted molar refractivity (Wildman–Crippen MR) is 219 cm³/mol. The molecule has 0 bridgehead atoms. The molecule has 0 spiro atoms. The van der Waals surface area contributed by atoms with Gasteiger partial charge in [0.1, 0.15) is 0 Å². The fourth-order valence-electron chi connectivity index (χ4n) is 7.98. The van der Waals surface area contributed by atoms with Gasteiger partial charge in [-0.2, -0.15) is 0 Å². The van der Waals surface area contributed by atoms with Gasteiger partial charge in [-0.1, -0.05) is 163 Å². The van der Waals surface area contributed by atoms with Crippen LogP contribution in [0.3, 0.4) is 0 Å². The van der Waals surface area contributed by atoms with E-state index in [0.29, 0.717) is 29.9 Å². The van der Waals surface area contributed by atoms with E-state index in [9.17, 15) is 10.2 Å². The normalized spacial score (nSPS) is 12.1. The van der Waals surface area contributed by atoms with Gasteiger partial charge in [-0.15, -0.1) is 0 Å². The Hall–Kier alpha value is -2.36. The SMILES string of the molecule is CCCCCCCc1cc2c(c(CCCCCCC)c1CCCCCCC)Oc1c(CCCCCCC)c(O)c(O)c(CCCCCCC)c1O2. The molecule has 4 heteroatoms. The van der Waals surface area contributed by atoms with Crippen LogP contribution in [0.1, 0.15) is 223 Å². The summed E-state index contributed by atoms with van der Waals surface area (Å²) < 4.78 is 14.1. The largest absolute Gasteiger partial charge is 0.504 e. The second-order valence-electron chi connectivity index (χ2n) is 15.7.